The molecule has 0 aliphatic rings. The summed E-state index contributed by atoms with van der Waals surface area (Å²) in [6.45, 7) is 2.27. The Hall–Kier alpha value is -1.75. The fourth-order valence-corrected chi connectivity index (χ4v) is 2.61. The van der Waals surface area contributed by atoms with Crippen LogP contribution in [-0.4, -0.2) is 18.5 Å². The minimum absolute atomic E-state index is 0.0123. The predicted molar refractivity (Wildman–Crippen MR) is 98.1 cm³/mol. The monoisotopic (exact) mass is 400 g/mol. The number of hydrogen-bond acceptors (Lipinski definition) is 4. The summed E-state index contributed by atoms with van der Waals surface area (Å²) in [6.07, 6.45) is 1.64. The molecule has 0 heterocycles. The number of unbranched alkanes of at least 4 members (excludes halogenated alkanes) is 1. The third-order valence-corrected chi connectivity index (χ3v) is 4.26. The van der Waals surface area contributed by atoms with Crippen molar-refractivity contribution < 1.29 is 19.1 Å². The first kappa shape index (κ1) is 19.6. The summed E-state index contributed by atoms with van der Waals surface area (Å²) in [5.41, 5.74) is 0.184. The summed E-state index contributed by atoms with van der Waals surface area (Å²) in [5, 5.41) is 0.483. The molecule has 0 unspecified atom stereocenters. The Morgan fingerprint density at radius 2 is 1.64 bits per heavy atom. The molecule has 0 bridgehead atoms. The Balaban J connectivity index is 2.24. The van der Waals surface area contributed by atoms with E-state index in [1.54, 1.807) is 12.1 Å². The van der Waals surface area contributed by atoms with E-state index in [9.17, 15) is 9.59 Å². The van der Waals surface area contributed by atoms with Gasteiger partial charge in [0.25, 0.3) is 0 Å². The zero-order valence-corrected chi connectivity index (χ0v) is 15.6. The maximum Gasteiger partial charge on any atom is 0.344 e. The number of halogens is 3. The molecule has 0 radical (unpaired) electrons. The van der Waals surface area contributed by atoms with Crippen LogP contribution in [0.1, 0.15) is 40.5 Å². The van der Waals surface area contributed by atoms with Crippen LogP contribution in [0.25, 0.3) is 0 Å². The van der Waals surface area contributed by atoms with Crippen LogP contribution in [0.4, 0.5) is 0 Å². The number of rotatable bonds is 6. The molecule has 0 fully saturated rings. The second-order valence-corrected chi connectivity index (χ2v) is 6.35. The summed E-state index contributed by atoms with van der Waals surface area (Å²) in [7, 11) is 0. The largest absolute Gasteiger partial charge is 0.462 e. The third kappa shape index (κ3) is 5.11. The fourth-order valence-electron chi connectivity index (χ4n) is 1.99. The molecule has 25 heavy (non-hydrogen) atoms. The van der Waals surface area contributed by atoms with Gasteiger partial charge in [0, 0.05) is 11.1 Å². The van der Waals surface area contributed by atoms with E-state index in [0.717, 1.165) is 12.8 Å². The Morgan fingerprint density at radius 1 is 1.00 bits per heavy atom. The lowest BCUT2D eigenvalue weighted by Crippen LogP contribution is -2.16. The molecule has 2 aromatic rings. The Bertz CT molecular complexity index is 790. The van der Waals surface area contributed by atoms with Crippen LogP contribution < -0.4 is 4.74 Å². The topological polar surface area (TPSA) is 52.6 Å². The molecule has 0 N–H and O–H groups in total. The van der Waals surface area contributed by atoms with E-state index in [-0.39, 0.29) is 38.6 Å². The van der Waals surface area contributed by atoms with E-state index >= 15 is 0 Å². The average molecular weight is 402 g/mol. The van der Waals surface area contributed by atoms with Crippen molar-refractivity contribution in [3.8, 4) is 5.75 Å². The van der Waals surface area contributed by atoms with E-state index in [2.05, 4.69) is 0 Å². The van der Waals surface area contributed by atoms with E-state index in [1.165, 1.54) is 24.3 Å². The summed E-state index contributed by atoms with van der Waals surface area (Å²) in [6, 6.07) is 9.02. The molecule has 0 amide bonds. The van der Waals surface area contributed by atoms with Gasteiger partial charge in [-0.3, -0.25) is 0 Å². The Kier molecular flexibility index (Phi) is 7.12. The van der Waals surface area contributed by atoms with Crippen molar-refractivity contribution in [2.45, 2.75) is 19.8 Å². The van der Waals surface area contributed by atoms with Crippen LogP contribution in [0.5, 0.6) is 5.75 Å². The first-order valence-electron chi connectivity index (χ1n) is 7.57. The maximum absolute atomic E-state index is 12.5. The number of ether oxygens (including phenoxy) is 2. The molecule has 0 saturated heterocycles. The van der Waals surface area contributed by atoms with Gasteiger partial charge >= 0.3 is 11.9 Å². The van der Waals surface area contributed by atoms with Crippen LogP contribution in [0.3, 0.4) is 0 Å². The first-order valence-corrected chi connectivity index (χ1v) is 8.70. The lowest BCUT2D eigenvalue weighted by atomic mass is 10.1. The van der Waals surface area contributed by atoms with Crippen molar-refractivity contribution in [1.82, 2.24) is 0 Å². The zero-order valence-electron chi connectivity index (χ0n) is 13.4. The molecule has 0 saturated carbocycles. The number of esters is 2. The summed E-state index contributed by atoms with van der Waals surface area (Å²) in [4.78, 5) is 24.6. The van der Waals surface area contributed by atoms with Gasteiger partial charge in [-0.15, -0.1) is 0 Å². The van der Waals surface area contributed by atoms with Crippen molar-refractivity contribution in [2.24, 2.45) is 0 Å². The van der Waals surface area contributed by atoms with E-state index < -0.39 is 11.9 Å². The standard InChI is InChI=1S/C18H15Cl3O4/c1-2-3-8-24-17(22)12-6-4-5-7-13(12)18(23)25-15-10-11(19)9-14(20)16(15)21/h4-7,9-10H,2-3,8H2,1H3. The highest BCUT2D eigenvalue weighted by atomic mass is 35.5. The van der Waals surface area contributed by atoms with Gasteiger partial charge in [0.2, 0.25) is 0 Å². The van der Waals surface area contributed by atoms with Gasteiger partial charge in [0.05, 0.1) is 22.8 Å². The van der Waals surface area contributed by atoms with Crippen LogP contribution in [0, 0.1) is 0 Å². The number of hydrogen-bond donors (Lipinski definition) is 0. The molecule has 4 nitrogen and oxygen atoms in total. The zero-order chi connectivity index (χ0) is 18.4. The molecular weight excluding hydrogens is 387 g/mol. The number of benzene rings is 2. The van der Waals surface area contributed by atoms with Crippen molar-refractivity contribution >= 4 is 46.7 Å². The van der Waals surface area contributed by atoms with Gasteiger partial charge < -0.3 is 9.47 Å². The second kappa shape index (κ2) is 9.09. The Labute approximate surface area is 160 Å². The van der Waals surface area contributed by atoms with Crippen LogP contribution >= 0.6 is 34.8 Å². The highest BCUT2D eigenvalue weighted by Gasteiger charge is 2.21. The molecule has 0 aliphatic heterocycles. The molecule has 2 rings (SSSR count). The lowest BCUT2D eigenvalue weighted by molar-refractivity contribution is 0.0491. The molecular formula is C18H15Cl3O4. The predicted octanol–water partition coefficient (Wildman–Crippen LogP) is 5.82. The van der Waals surface area contributed by atoms with Crippen LogP contribution in [0.15, 0.2) is 36.4 Å². The maximum atomic E-state index is 12.5. The van der Waals surface area contributed by atoms with E-state index in [1.807, 2.05) is 6.92 Å². The fraction of sp³-hybridized carbons (Fsp3) is 0.222. The SMILES string of the molecule is CCCCOC(=O)c1ccccc1C(=O)Oc1cc(Cl)cc(Cl)c1Cl. The molecule has 2 aromatic carbocycles. The highest BCUT2D eigenvalue weighted by molar-refractivity contribution is 6.44. The second-order valence-electron chi connectivity index (χ2n) is 5.12. The molecule has 132 valence electrons. The Morgan fingerprint density at radius 3 is 2.28 bits per heavy atom. The van der Waals surface area contributed by atoms with E-state index in [4.69, 9.17) is 44.3 Å². The van der Waals surface area contributed by atoms with Gasteiger partial charge in [0.15, 0.2) is 5.75 Å². The molecule has 0 aromatic heterocycles. The van der Waals surface area contributed by atoms with Gasteiger partial charge in [-0.05, 0) is 24.6 Å². The smallest absolute Gasteiger partial charge is 0.344 e. The molecule has 0 aliphatic carbocycles. The molecule has 7 heteroatoms. The summed E-state index contributed by atoms with van der Waals surface area (Å²) in [5.74, 6) is -1.34. The van der Waals surface area contributed by atoms with Gasteiger partial charge in [-0.1, -0.05) is 60.3 Å². The van der Waals surface area contributed by atoms with Gasteiger partial charge in [-0.2, -0.15) is 0 Å². The van der Waals surface area contributed by atoms with E-state index in [0.29, 0.717) is 0 Å². The quantitative estimate of drug-likeness (QED) is 0.265. The molecule has 0 atom stereocenters. The summed E-state index contributed by atoms with van der Waals surface area (Å²) < 4.78 is 10.4. The van der Waals surface area contributed by atoms with Gasteiger partial charge in [-0.25, -0.2) is 9.59 Å². The van der Waals surface area contributed by atoms with Crippen LogP contribution in [-0.2, 0) is 4.74 Å². The van der Waals surface area contributed by atoms with Crippen molar-refractivity contribution in [3.63, 3.8) is 0 Å². The van der Waals surface area contributed by atoms with Crippen molar-refractivity contribution in [2.75, 3.05) is 6.61 Å². The van der Waals surface area contributed by atoms with Crippen molar-refractivity contribution in [3.05, 3.63) is 62.6 Å². The summed E-state index contributed by atoms with van der Waals surface area (Å²) >= 11 is 17.8. The van der Waals surface area contributed by atoms with Crippen LogP contribution in [0.2, 0.25) is 15.1 Å². The minimum Gasteiger partial charge on any atom is -0.462 e. The third-order valence-electron chi connectivity index (χ3n) is 3.26. The van der Waals surface area contributed by atoms with Crippen molar-refractivity contribution in [1.29, 1.82) is 0 Å². The number of carbonyl (C=O) groups excluding carboxylic acids is 2. The minimum atomic E-state index is -0.761. The normalized spacial score (nSPS) is 10.4. The van der Waals surface area contributed by atoms with Gasteiger partial charge in [0.1, 0.15) is 5.02 Å². The average Bonchev–Trinajstić information content (AvgIpc) is 2.59. The highest BCUT2D eigenvalue weighted by Crippen LogP contribution is 2.35. The lowest BCUT2D eigenvalue weighted by Gasteiger charge is -2.11. The first-order chi connectivity index (χ1) is 11.9. The number of carbonyl (C=O) groups is 2. The molecule has 0 spiro atoms.